The standard InChI is InChI=1S/C14H16ClN3O2/c1-20-10-4-2-9(3-5-10)7-17-12-6-13(15)18-8-11(12)14(16)19/h2-6,17-18H,7-8H2,1H3,(H2,16,19). The Morgan fingerprint density at radius 3 is 2.75 bits per heavy atom. The molecule has 1 aromatic rings. The Balaban J connectivity index is 2.09. The molecule has 106 valence electrons. The van der Waals surface area contributed by atoms with E-state index >= 15 is 0 Å². The number of dihydropyridines is 1. The van der Waals surface area contributed by atoms with Crippen LogP contribution in [-0.4, -0.2) is 19.6 Å². The zero-order valence-corrected chi connectivity index (χ0v) is 11.8. The van der Waals surface area contributed by atoms with E-state index in [-0.39, 0.29) is 0 Å². The maximum Gasteiger partial charge on any atom is 0.248 e. The first kappa shape index (κ1) is 14.3. The van der Waals surface area contributed by atoms with Crippen LogP contribution in [0.2, 0.25) is 0 Å². The predicted molar refractivity (Wildman–Crippen MR) is 78.0 cm³/mol. The normalized spacial score (nSPS) is 14.4. The van der Waals surface area contributed by atoms with Gasteiger partial charge in [-0.3, -0.25) is 4.79 Å². The molecule has 0 aromatic heterocycles. The van der Waals surface area contributed by atoms with E-state index in [2.05, 4.69) is 10.6 Å². The highest BCUT2D eigenvalue weighted by Gasteiger charge is 2.16. The van der Waals surface area contributed by atoms with Gasteiger partial charge in [0.05, 0.1) is 12.7 Å². The second-order valence-corrected chi connectivity index (χ2v) is 4.71. The van der Waals surface area contributed by atoms with Crippen LogP contribution in [0.1, 0.15) is 5.56 Å². The van der Waals surface area contributed by atoms with Crippen LogP contribution in [0.5, 0.6) is 5.75 Å². The summed E-state index contributed by atoms with van der Waals surface area (Å²) in [5.41, 5.74) is 7.54. The lowest BCUT2D eigenvalue weighted by atomic mass is 10.1. The topological polar surface area (TPSA) is 76.4 Å². The minimum absolute atomic E-state index is 0.329. The highest BCUT2D eigenvalue weighted by atomic mass is 35.5. The molecule has 1 amide bonds. The summed E-state index contributed by atoms with van der Waals surface area (Å²) in [6, 6.07) is 7.66. The van der Waals surface area contributed by atoms with Gasteiger partial charge in [0.1, 0.15) is 10.9 Å². The molecule has 1 aliphatic rings. The molecule has 0 atom stereocenters. The Labute approximate surface area is 122 Å². The summed E-state index contributed by atoms with van der Waals surface area (Å²) in [5.74, 6) is 0.339. The van der Waals surface area contributed by atoms with Crippen molar-refractivity contribution in [2.24, 2.45) is 5.73 Å². The van der Waals surface area contributed by atoms with E-state index in [4.69, 9.17) is 22.1 Å². The molecule has 0 aliphatic carbocycles. The number of carbonyl (C=O) groups excluding carboxylic acids is 1. The fourth-order valence-electron chi connectivity index (χ4n) is 1.85. The number of allylic oxidation sites excluding steroid dienone is 1. The molecule has 0 saturated heterocycles. The lowest BCUT2D eigenvalue weighted by molar-refractivity contribution is -0.114. The van der Waals surface area contributed by atoms with Gasteiger partial charge in [0, 0.05) is 18.8 Å². The SMILES string of the molecule is COc1ccc(CNC2=C(C(N)=O)CNC(Cl)=C2)cc1. The van der Waals surface area contributed by atoms with Crippen molar-refractivity contribution in [2.45, 2.75) is 6.54 Å². The van der Waals surface area contributed by atoms with E-state index in [1.807, 2.05) is 24.3 Å². The first-order valence-corrected chi connectivity index (χ1v) is 6.49. The van der Waals surface area contributed by atoms with Crippen LogP contribution in [-0.2, 0) is 11.3 Å². The molecule has 1 aliphatic heterocycles. The van der Waals surface area contributed by atoms with E-state index in [1.54, 1.807) is 13.2 Å². The number of hydrogen-bond acceptors (Lipinski definition) is 4. The highest BCUT2D eigenvalue weighted by Crippen LogP contribution is 2.15. The lowest BCUT2D eigenvalue weighted by Crippen LogP contribution is -2.31. The van der Waals surface area contributed by atoms with Gasteiger partial charge in [0.2, 0.25) is 5.91 Å². The Kier molecular flexibility index (Phi) is 4.53. The van der Waals surface area contributed by atoms with Crippen molar-refractivity contribution in [3.63, 3.8) is 0 Å². The lowest BCUT2D eigenvalue weighted by Gasteiger charge is -2.18. The van der Waals surface area contributed by atoms with Crippen LogP contribution in [0, 0.1) is 0 Å². The maximum absolute atomic E-state index is 11.4. The zero-order valence-electron chi connectivity index (χ0n) is 11.1. The summed E-state index contributed by atoms with van der Waals surface area (Å²) in [6.07, 6.45) is 1.66. The molecule has 0 fully saturated rings. The smallest absolute Gasteiger partial charge is 0.248 e. The number of rotatable bonds is 5. The molecule has 6 heteroatoms. The number of amides is 1. The fourth-order valence-corrected chi connectivity index (χ4v) is 2.03. The first-order chi connectivity index (χ1) is 9.60. The molecule has 0 bridgehead atoms. The van der Waals surface area contributed by atoms with Gasteiger partial charge in [0.25, 0.3) is 0 Å². The van der Waals surface area contributed by atoms with Crippen LogP contribution in [0.4, 0.5) is 0 Å². The molecule has 0 spiro atoms. The van der Waals surface area contributed by atoms with Crippen molar-refractivity contribution >= 4 is 17.5 Å². The van der Waals surface area contributed by atoms with Crippen LogP contribution >= 0.6 is 11.6 Å². The second-order valence-electron chi connectivity index (χ2n) is 4.30. The number of halogens is 1. The van der Waals surface area contributed by atoms with Crippen molar-refractivity contribution < 1.29 is 9.53 Å². The van der Waals surface area contributed by atoms with E-state index in [0.717, 1.165) is 11.3 Å². The van der Waals surface area contributed by atoms with Crippen LogP contribution in [0.15, 0.2) is 46.8 Å². The number of hydrogen-bond donors (Lipinski definition) is 3. The van der Waals surface area contributed by atoms with Gasteiger partial charge < -0.3 is 21.1 Å². The summed E-state index contributed by atoms with van der Waals surface area (Å²) >= 11 is 5.91. The molecule has 4 N–H and O–H groups in total. The summed E-state index contributed by atoms with van der Waals surface area (Å²) in [4.78, 5) is 11.4. The van der Waals surface area contributed by atoms with Gasteiger partial charge in [-0.25, -0.2) is 0 Å². The Morgan fingerprint density at radius 2 is 2.15 bits per heavy atom. The van der Waals surface area contributed by atoms with Gasteiger partial charge in [-0.1, -0.05) is 23.7 Å². The summed E-state index contributed by atoms with van der Waals surface area (Å²) in [7, 11) is 1.62. The van der Waals surface area contributed by atoms with Gasteiger partial charge in [0.15, 0.2) is 0 Å². The molecule has 0 radical (unpaired) electrons. The molecule has 0 unspecified atom stereocenters. The summed E-state index contributed by atoms with van der Waals surface area (Å²) < 4.78 is 5.10. The van der Waals surface area contributed by atoms with Gasteiger partial charge in [-0.15, -0.1) is 0 Å². The van der Waals surface area contributed by atoms with Crippen LogP contribution < -0.4 is 21.1 Å². The predicted octanol–water partition coefficient (Wildman–Crippen LogP) is 1.21. The number of carbonyl (C=O) groups is 1. The largest absolute Gasteiger partial charge is 0.497 e. The fraction of sp³-hybridized carbons (Fsp3) is 0.214. The van der Waals surface area contributed by atoms with Crippen LogP contribution in [0.25, 0.3) is 0 Å². The van der Waals surface area contributed by atoms with E-state index in [9.17, 15) is 4.79 Å². The van der Waals surface area contributed by atoms with Crippen molar-refractivity contribution in [3.8, 4) is 5.75 Å². The van der Waals surface area contributed by atoms with Gasteiger partial charge >= 0.3 is 0 Å². The third kappa shape index (κ3) is 3.45. The van der Waals surface area contributed by atoms with Gasteiger partial charge in [-0.2, -0.15) is 0 Å². The zero-order chi connectivity index (χ0) is 14.5. The highest BCUT2D eigenvalue weighted by molar-refractivity contribution is 6.29. The maximum atomic E-state index is 11.4. The third-order valence-corrected chi connectivity index (χ3v) is 3.21. The molecule has 5 nitrogen and oxygen atoms in total. The first-order valence-electron chi connectivity index (χ1n) is 6.11. The van der Waals surface area contributed by atoms with E-state index < -0.39 is 5.91 Å². The Morgan fingerprint density at radius 1 is 1.45 bits per heavy atom. The average Bonchev–Trinajstić information content (AvgIpc) is 2.45. The number of primary amides is 1. The Hall–Kier alpha value is -2.14. The molecular formula is C14H16ClN3O2. The number of methoxy groups -OCH3 is 1. The molecule has 1 heterocycles. The summed E-state index contributed by atoms with van der Waals surface area (Å²) in [5, 5.41) is 6.52. The van der Waals surface area contributed by atoms with Gasteiger partial charge in [-0.05, 0) is 23.8 Å². The number of nitrogens with two attached hydrogens (primary N) is 1. The minimum atomic E-state index is -0.463. The van der Waals surface area contributed by atoms with Crippen molar-refractivity contribution in [1.29, 1.82) is 0 Å². The summed E-state index contributed by atoms with van der Waals surface area (Å²) in [6.45, 7) is 0.895. The monoisotopic (exact) mass is 293 g/mol. The second kappa shape index (κ2) is 6.34. The minimum Gasteiger partial charge on any atom is -0.497 e. The average molecular weight is 294 g/mol. The third-order valence-electron chi connectivity index (χ3n) is 2.97. The quantitative estimate of drug-likeness (QED) is 0.713. The molecule has 1 aromatic carbocycles. The van der Waals surface area contributed by atoms with Crippen LogP contribution in [0.3, 0.4) is 0 Å². The van der Waals surface area contributed by atoms with Crippen molar-refractivity contribution in [3.05, 3.63) is 52.3 Å². The Bertz CT molecular complexity index is 564. The van der Waals surface area contributed by atoms with E-state index in [1.165, 1.54) is 0 Å². The molecular weight excluding hydrogens is 278 g/mol. The van der Waals surface area contributed by atoms with Crippen molar-refractivity contribution in [1.82, 2.24) is 10.6 Å². The number of nitrogens with one attached hydrogen (secondary N) is 2. The number of benzene rings is 1. The van der Waals surface area contributed by atoms with Crippen molar-refractivity contribution in [2.75, 3.05) is 13.7 Å². The number of ether oxygens (including phenoxy) is 1. The molecule has 20 heavy (non-hydrogen) atoms. The molecule has 2 rings (SSSR count). The van der Waals surface area contributed by atoms with E-state index in [0.29, 0.717) is 29.5 Å². The molecule has 0 saturated carbocycles.